The molecule has 0 atom stereocenters. The number of aliphatic imine (C=N–C) groups is 1. The Hall–Kier alpha value is -1.03. The van der Waals surface area contributed by atoms with Crippen LogP contribution in [0, 0.1) is 0 Å². The van der Waals surface area contributed by atoms with E-state index in [1.165, 1.54) is 0 Å². The SMILES string of the molecule is C/C=C/N=C(N(C)C)N(C)CCCN. The van der Waals surface area contributed by atoms with E-state index in [-0.39, 0.29) is 0 Å². The molecule has 0 unspecified atom stereocenters. The molecule has 0 bridgehead atoms. The van der Waals surface area contributed by atoms with Gasteiger partial charge in [0.1, 0.15) is 0 Å². The standard InChI is InChI=1S/C10H22N4/c1-5-8-12-10(13(2)3)14(4)9-6-7-11/h5,8H,6-7,9,11H2,1-4H3/b8-5+,12-10?. The van der Waals surface area contributed by atoms with Crippen molar-refractivity contribution >= 4 is 5.96 Å². The third-order valence-corrected chi connectivity index (χ3v) is 1.78. The third kappa shape index (κ3) is 4.87. The lowest BCUT2D eigenvalue weighted by Gasteiger charge is -2.25. The van der Waals surface area contributed by atoms with Gasteiger partial charge in [0.2, 0.25) is 0 Å². The van der Waals surface area contributed by atoms with Crippen LogP contribution >= 0.6 is 0 Å². The molecule has 14 heavy (non-hydrogen) atoms. The highest BCUT2D eigenvalue weighted by Gasteiger charge is 2.06. The second-order valence-corrected chi connectivity index (χ2v) is 3.37. The first-order valence-electron chi connectivity index (χ1n) is 4.91. The summed E-state index contributed by atoms with van der Waals surface area (Å²) in [7, 11) is 6.00. The summed E-state index contributed by atoms with van der Waals surface area (Å²) in [4.78, 5) is 8.44. The van der Waals surface area contributed by atoms with Gasteiger partial charge >= 0.3 is 0 Å². The topological polar surface area (TPSA) is 44.9 Å². The quantitative estimate of drug-likeness (QED) is 0.535. The van der Waals surface area contributed by atoms with E-state index in [4.69, 9.17) is 5.73 Å². The molecule has 0 saturated heterocycles. The molecule has 0 fully saturated rings. The van der Waals surface area contributed by atoms with E-state index in [2.05, 4.69) is 9.89 Å². The summed E-state index contributed by atoms with van der Waals surface area (Å²) >= 11 is 0. The Balaban J connectivity index is 4.33. The zero-order valence-electron chi connectivity index (χ0n) is 9.70. The van der Waals surface area contributed by atoms with E-state index in [1.54, 1.807) is 6.20 Å². The van der Waals surface area contributed by atoms with Crippen molar-refractivity contribution in [1.29, 1.82) is 0 Å². The van der Waals surface area contributed by atoms with Gasteiger partial charge in [-0.3, -0.25) is 0 Å². The van der Waals surface area contributed by atoms with E-state index in [1.807, 2.05) is 39.0 Å². The smallest absolute Gasteiger partial charge is 0.200 e. The van der Waals surface area contributed by atoms with E-state index < -0.39 is 0 Å². The van der Waals surface area contributed by atoms with Crippen molar-refractivity contribution in [2.75, 3.05) is 34.2 Å². The van der Waals surface area contributed by atoms with E-state index in [0.29, 0.717) is 6.54 Å². The summed E-state index contributed by atoms with van der Waals surface area (Å²) < 4.78 is 0. The Labute approximate surface area is 87.1 Å². The predicted octanol–water partition coefficient (Wildman–Crippen LogP) is 0.718. The molecule has 0 spiro atoms. The van der Waals surface area contributed by atoms with Crippen molar-refractivity contribution in [2.45, 2.75) is 13.3 Å². The summed E-state index contributed by atoms with van der Waals surface area (Å²) in [5.74, 6) is 0.955. The lowest BCUT2D eigenvalue weighted by Crippen LogP contribution is -2.38. The fourth-order valence-corrected chi connectivity index (χ4v) is 1.13. The fraction of sp³-hybridized carbons (Fsp3) is 0.700. The maximum atomic E-state index is 5.46. The zero-order chi connectivity index (χ0) is 11.0. The zero-order valence-corrected chi connectivity index (χ0v) is 9.70. The minimum atomic E-state index is 0.717. The molecule has 0 saturated carbocycles. The van der Waals surface area contributed by atoms with Gasteiger partial charge in [0.15, 0.2) is 5.96 Å². The fourth-order valence-electron chi connectivity index (χ4n) is 1.13. The van der Waals surface area contributed by atoms with Crippen LogP contribution in [0.25, 0.3) is 0 Å². The molecule has 0 aromatic carbocycles. The van der Waals surface area contributed by atoms with Gasteiger partial charge in [-0.2, -0.15) is 0 Å². The second-order valence-electron chi connectivity index (χ2n) is 3.37. The predicted molar refractivity (Wildman–Crippen MR) is 62.2 cm³/mol. The molecule has 4 heteroatoms. The summed E-state index contributed by atoms with van der Waals surface area (Å²) in [5, 5.41) is 0. The van der Waals surface area contributed by atoms with Crippen LogP contribution in [0.15, 0.2) is 17.3 Å². The van der Waals surface area contributed by atoms with E-state index >= 15 is 0 Å². The number of nitrogens with zero attached hydrogens (tertiary/aromatic N) is 3. The maximum Gasteiger partial charge on any atom is 0.200 e. The molecule has 4 nitrogen and oxygen atoms in total. The van der Waals surface area contributed by atoms with Crippen LogP contribution in [0.5, 0.6) is 0 Å². The van der Waals surface area contributed by atoms with Gasteiger partial charge in [-0.15, -0.1) is 0 Å². The number of hydrogen-bond acceptors (Lipinski definition) is 2. The van der Waals surface area contributed by atoms with Crippen molar-refractivity contribution in [3.8, 4) is 0 Å². The molecule has 0 rings (SSSR count). The molecule has 0 amide bonds. The number of allylic oxidation sites excluding steroid dienone is 1. The molecule has 0 radical (unpaired) electrons. The Morgan fingerprint density at radius 1 is 1.36 bits per heavy atom. The largest absolute Gasteiger partial charge is 0.349 e. The number of rotatable bonds is 4. The number of guanidine groups is 1. The van der Waals surface area contributed by atoms with Crippen LogP contribution in [-0.4, -0.2) is 50.0 Å². The van der Waals surface area contributed by atoms with Crippen LogP contribution in [0.3, 0.4) is 0 Å². The molecule has 0 heterocycles. The lowest BCUT2D eigenvalue weighted by molar-refractivity contribution is 0.419. The minimum Gasteiger partial charge on any atom is -0.349 e. The monoisotopic (exact) mass is 198 g/mol. The first-order chi connectivity index (χ1) is 6.63. The summed E-state index contributed by atoms with van der Waals surface area (Å²) in [6.07, 6.45) is 4.70. The molecule has 2 N–H and O–H groups in total. The minimum absolute atomic E-state index is 0.717. The first kappa shape index (κ1) is 13.0. The highest BCUT2D eigenvalue weighted by Crippen LogP contribution is 1.94. The second kappa shape index (κ2) is 7.38. The average Bonchev–Trinajstić information content (AvgIpc) is 2.14. The third-order valence-electron chi connectivity index (χ3n) is 1.78. The molecule has 0 aliphatic heterocycles. The molecule has 82 valence electrons. The summed E-state index contributed by atoms with van der Waals surface area (Å²) in [6, 6.07) is 0. The average molecular weight is 198 g/mol. The normalized spacial score (nSPS) is 12.2. The lowest BCUT2D eigenvalue weighted by atomic mass is 10.4. The Bertz CT molecular complexity index is 196. The highest BCUT2D eigenvalue weighted by molar-refractivity contribution is 5.79. The molecular formula is C10H22N4. The van der Waals surface area contributed by atoms with Gasteiger partial charge < -0.3 is 15.5 Å². The maximum absolute atomic E-state index is 5.46. The molecule has 0 aromatic rings. The van der Waals surface area contributed by atoms with Gasteiger partial charge in [0, 0.05) is 33.9 Å². The highest BCUT2D eigenvalue weighted by atomic mass is 15.3. The van der Waals surface area contributed by atoms with Crippen LogP contribution in [0.1, 0.15) is 13.3 Å². The molecule has 0 aliphatic rings. The Morgan fingerprint density at radius 3 is 2.43 bits per heavy atom. The number of nitrogens with two attached hydrogens (primary N) is 1. The van der Waals surface area contributed by atoms with Gasteiger partial charge in [0.25, 0.3) is 0 Å². The summed E-state index contributed by atoms with van der Waals surface area (Å²) in [6.45, 7) is 3.61. The first-order valence-corrected chi connectivity index (χ1v) is 4.91. The number of hydrogen-bond donors (Lipinski definition) is 1. The Kier molecular flexibility index (Phi) is 6.84. The van der Waals surface area contributed by atoms with Gasteiger partial charge in [-0.05, 0) is 19.9 Å². The van der Waals surface area contributed by atoms with Crippen LogP contribution < -0.4 is 5.73 Å². The van der Waals surface area contributed by atoms with E-state index in [9.17, 15) is 0 Å². The van der Waals surface area contributed by atoms with Crippen molar-refractivity contribution in [1.82, 2.24) is 9.80 Å². The van der Waals surface area contributed by atoms with Crippen molar-refractivity contribution in [2.24, 2.45) is 10.7 Å². The van der Waals surface area contributed by atoms with Gasteiger partial charge in [0.05, 0.1) is 0 Å². The van der Waals surface area contributed by atoms with Crippen molar-refractivity contribution < 1.29 is 0 Å². The molecule has 0 aromatic heterocycles. The summed E-state index contributed by atoms with van der Waals surface area (Å²) in [5.41, 5.74) is 5.46. The van der Waals surface area contributed by atoms with Crippen molar-refractivity contribution in [3.05, 3.63) is 12.3 Å². The van der Waals surface area contributed by atoms with Crippen LogP contribution in [0.4, 0.5) is 0 Å². The van der Waals surface area contributed by atoms with Gasteiger partial charge in [-0.1, -0.05) is 6.08 Å². The molecular weight excluding hydrogens is 176 g/mol. The van der Waals surface area contributed by atoms with Crippen LogP contribution in [0.2, 0.25) is 0 Å². The van der Waals surface area contributed by atoms with Gasteiger partial charge in [-0.25, -0.2) is 4.99 Å². The Morgan fingerprint density at radius 2 is 2.00 bits per heavy atom. The molecule has 0 aliphatic carbocycles. The van der Waals surface area contributed by atoms with E-state index in [0.717, 1.165) is 18.9 Å². The van der Waals surface area contributed by atoms with Crippen LogP contribution in [-0.2, 0) is 0 Å². The van der Waals surface area contributed by atoms with Crippen molar-refractivity contribution in [3.63, 3.8) is 0 Å².